The lowest BCUT2D eigenvalue weighted by Crippen LogP contribution is -2.29. The molecule has 0 aliphatic carbocycles. The summed E-state index contributed by atoms with van der Waals surface area (Å²) in [5, 5.41) is 4.83. The van der Waals surface area contributed by atoms with Crippen LogP contribution >= 0.6 is 11.6 Å². The van der Waals surface area contributed by atoms with Gasteiger partial charge in [-0.05, 0) is 29.8 Å². The lowest BCUT2D eigenvalue weighted by molar-refractivity contribution is 0.301. The van der Waals surface area contributed by atoms with Gasteiger partial charge < -0.3 is 4.74 Å². The van der Waals surface area contributed by atoms with Gasteiger partial charge in [-0.25, -0.2) is 10.2 Å². The van der Waals surface area contributed by atoms with E-state index >= 15 is 0 Å². The molecule has 0 spiro atoms. The second-order valence-electron chi connectivity index (χ2n) is 6.66. The van der Waals surface area contributed by atoms with E-state index in [1.807, 2.05) is 42.5 Å². The molecular weight excluding hydrogens is 420 g/mol. The number of anilines is 1. The molecule has 0 radical (unpaired) electrons. The monoisotopic (exact) mass is 438 g/mol. The van der Waals surface area contributed by atoms with Crippen molar-refractivity contribution in [2.24, 2.45) is 12.1 Å². The van der Waals surface area contributed by atoms with Gasteiger partial charge in [0, 0.05) is 12.1 Å². The average molecular weight is 439 g/mol. The second-order valence-corrected chi connectivity index (χ2v) is 7.10. The molecule has 9 nitrogen and oxygen atoms in total. The fraction of sp³-hybridized carbons (Fsp3) is 0.143. The maximum atomic E-state index is 12.5. The Morgan fingerprint density at radius 3 is 2.65 bits per heavy atom. The second kappa shape index (κ2) is 8.88. The maximum Gasteiger partial charge on any atom is 0.329 e. The van der Waals surface area contributed by atoms with Crippen molar-refractivity contribution in [3.05, 3.63) is 86.0 Å². The number of halogens is 1. The molecule has 2 heterocycles. The quantitative estimate of drug-likeness (QED) is 0.341. The van der Waals surface area contributed by atoms with Crippen LogP contribution in [-0.2, 0) is 13.6 Å². The van der Waals surface area contributed by atoms with E-state index in [4.69, 9.17) is 16.3 Å². The molecule has 2 aromatic carbocycles. The third-order valence-corrected chi connectivity index (χ3v) is 4.83. The number of para-hydroxylation sites is 1. The van der Waals surface area contributed by atoms with Crippen molar-refractivity contribution in [3.8, 4) is 5.75 Å². The Morgan fingerprint density at radius 1 is 1.16 bits per heavy atom. The number of imidazole rings is 1. The summed E-state index contributed by atoms with van der Waals surface area (Å²) >= 11 is 5.90. The molecule has 2 N–H and O–H groups in total. The molecule has 4 rings (SSSR count). The number of hydrogen-bond acceptors (Lipinski definition) is 6. The molecule has 158 valence electrons. The van der Waals surface area contributed by atoms with Gasteiger partial charge in [0.1, 0.15) is 12.4 Å². The Bertz CT molecular complexity index is 1340. The van der Waals surface area contributed by atoms with E-state index in [1.54, 1.807) is 30.0 Å². The lowest BCUT2D eigenvalue weighted by atomic mass is 10.2. The Morgan fingerprint density at radius 2 is 1.90 bits per heavy atom. The number of aromatic nitrogens is 4. The zero-order chi connectivity index (χ0) is 21.8. The predicted octanol–water partition coefficient (Wildman–Crippen LogP) is 2.60. The Kier molecular flexibility index (Phi) is 5.85. The zero-order valence-corrected chi connectivity index (χ0v) is 17.3. The fourth-order valence-corrected chi connectivity index (χ4v) is 3.15. The third kappa shape index (κ3) is 4.51. The molecule has 0 aliphatic rings. The molecule has 0 saturated carbocycles. The topological polar surface area (TPSA) is 106 Å². The van der Waals surface area contributed by atoms with Crippen molar-refractivity contribution in [1.82, 2.24) is 19.1 Å². The van der Waals surface area contributed by atoms with Gasteiger partial charge in [0.05, 0.1) is 12.8 Å². The van der Waals surface area contributed by atoms with Crippen LogP contribution in [0.2, 0.25) is 5.02 Å². The van der Waals surface area contributed by atoms with Gasteiger partial charge in [0.2, 0.25) is 5.95 Å². The number of aromatic amines is 1. The number of H-pyrrole nitrogens is 1. The van der Waals surface area contributed by atoms with Gasteiger partial charge >= 0.3 is 5.69 Å². The number of hydrazone groups is 1. The minimum Gasteiger partial charge on any atom is -0.492 e. The molecule has 0 fully saturated rings. The van der Waals surface area contributed by atoms with Gasteiger partial charge in [0.15, 0.2) is 11.2 Å². The minimum atomic E-state index is -0.543. The summed E-state index contributed by atoms with van der Waals surface area (Å²) in [4.78, 5) is 31.2. The van der Waals surface area contributed by atoms with Crippen molar-refractivity contribution in [2.75, 3.05) is 12.0 Å². The van der Waals surface area contributed by atoms with E-state index in [0.29, 0.717) is 23.3 Å². The summed E-state index contributed by atoms with van der Waals surface area (Å²) in [5.74, 6) is 1.02. The number of nitrogens with one attached hydrogen (secondary N) is 2. The van der Waals surface area contributed by atoms with Gasteiger partial charge in [-0.15, -0.1) is 0 Å². The third-order valence-electron chi connectivity index (χ3n) is 4.58. The first-order chi connectivity index (χ1) is 15.0. The predicted molar refractivity (Wildman–Crippen MR) is 120 cm³/mol. The van der Waals surface area contributed by atoms with E-state index in [2.05, 4.69) is 20.5 Å². The minimum absolute atomic E-state index is 0.248. The van der Waals surface area contributed by atoms with Crippen molar-refractivity contribution in [3.63, 3.8) is 0 Å². The summed E-state index contributed by atoms with van der Waals surface area (Å²) in [6, 6.07) is 16.5. The van der Waals surface area contributed by atoms with Gasteiger partial charge in [-0.1, -0.05) is 41.9 Å². The van der Waals surface area contributed by atoms with Crippen molar-refractivity contribution in [1.29, 1.82) is 0 Å². The van der Waals surface area contributed by atoms with E-state index in [1.165, 1.54) is 4.57 Å². The Hall–Kier alpha value is -3.85. The van der Waals surface area contributed by atoms with Crippen LogP contribution in [0, 0.1) is 0 Å². The first kappa shape index (κ1) is 20.4. The molecule has 10 heteroatoms. The fourth-order valence-electron chi connectivity index (χ4n) is 3.02. The lowest BCUT2D eigenvalue weighted by Gasteiger charge is -2.10. The number of fused-ring (bicyclic) bond motifs is 1. The van der Waals surface area contributed by atoms with Gasteiger partial charge in [-0.3, -0.25) is 18.9 Å². The molecule has 31 heavy (non-hydrogen) atoms. The molecule has 0 saturated heterocycles. The molecular formula is C21H19ClN6O3. The van der Waals surface area contributed by atoms with Crippen LogP contribution in [0.15, 0.2) is 69.3 Å². The number of hydrogen-bond donors (Lipinski definition) is 2. The molecule has 4 aromatic rings. The van der Waals surface area contributed by atoms with Crippen molar-refractivity contribution in [2.45, 2.75) is 6.54 Å². The highest BCUT2D eigenvalue weighted by Gasteiger charge is 2.17. The van der Waals surface area contributed by atoms with Crippen LogP contribution in [0.4, 0.5) is 5.95 Å². The standard InChI is InChI=1S/C21H19ClN6O3/c1-27-18-17(19(29)25-21(27)30)28(11-12-31-16-5-3-2-4-6-16)20(24-18)26-23-13-14-7-9-15(22)10-8-14/h2-10,13H,11-12H2,1H3,(H,24,26)(H,25,29,30)/b23-13+. The molecule has 0 atom stereocenters. The average Bonchev–Trinajstić information content (AvgIpc) is 3.13. The molecule has 2 aromatic heterocycles. The van der Waals surface area contributed by atoms with Crippen molar-refractivity contribution >= 4 is 34.9 Å². The normalized spacial score (nSPS) is 11.3. The van der Waals surface area contributed by atoms with E-state index < -0.39 is 11.2 Å². The summed E-state index contributed by atoms with van der Waals surface area (Å²) < 4.78 is 8.67. The highest BCUT2D eigenvalue weighted by molar-refractivity contribution is 6.30. The highest BCUT2D eigenvalue weighted by atomic mass is 35.5. The highest BCUT2D eigenvalue weighted by Crippen LogP contribution is 2.16. The maximum absolute atomic E-state index is 12.5. The number of nitrogens with zero attached hydrogens (tertiary/aromatic N) is 4. The van der Waals surface area contributed by atoms with Gasteiger partial charge in [0.25, 0.3) is 5.56 Å². The van der Waals surface area contributed by atoms with Crippen LogP contribution in [-0.4, -0.2) is 31.9 Å². The summed E-state index contributed by atoms with van der Waals surface area (Å²) in [5.41, 5.74) is 3.11. The van der Waals surface area contributed by atoms with Crippen LogP contribution < -0.4 is 21.4 Å². The molecule has 0 aliphatic heterocycles. The van der Waals surface area contributed by atoms with Crippen LogP contribution in [0.25, 0.3) is 11.2 Å². The SMILES string of the molecule is Cn1c(=O)[nH]c(=O)c2c1nc(N/N=C/c1ccc(Cl)cc1)n2CCOc1ccccc1. The first-order valence-electron chi connectivity index (χ1n) is 9.45. The number of benzene rings is 2. The van der Waals surface area contributed by atoms with E-state index in [0.717, 1.165) is 5.56 Å². The Balaban J connectivity index is 1.64. The summed E-state index contributed by atoms with van der Waals surface area (Å²) in [7, 11) is 1.54. The van der Waals surface area contributed by atoms with Crippen LogP contribution in [0.3, 0.4) is 0 Å². The van der Waals surface area contributed by atoms with Gasteiger partial charge in [-0.2, -0.15) is 10.1 Å². The smallest absolute Gasteiger partial charge is 0.329 e. The Labute approximate surface area is 181 Å². The number of rotatable bonds is 7. The van der Waals surface area contributed by atoms with E-state index in [-0.39, 0.29) is 17.8 Å². The summed E-state index contributed by atoms with van der Waals surface area (Å²) in [6.45, 7) is 0.596. The molecule has 0 amide bonds. The van der Waals surface area contributed by atoms with Crippen molar-refractivity contribution < 1.29 is 4.74 Å². The van der Waals surface area contributed by atoms with E-state index in [9.17, 15) is 9.59 Å². The van der Waals surface area contributed by atoms with Crippen LogP contribution in [0.1, 0.15) is 5.56 Å². The molecule has 0 bridgehead atoms. The number of aryl methyl sites for hydroxylation is 1. The number of ether oxygens (including phenoxy) is 1. The summed E-state index contributed by atoms with van der Waals surface area (Å²) in [6.07, 6.45) is 1.60. The van der Waals surface area contributed by atoms with Crippen LogP contribution in [0.5, 0.6) is 5.75 Å². The first-order valence-corrected chi connectivity index (χ1v) is 9.83. The zero-order valence-electron chi connectivity index (χ0n) is 16.6. The largest absolute Gasteiger partial charge is 0.492 e. The molecule has 0 unspecified atom stereocenters.